The molecule has 11 heteroatoms. The quantitative estimate of drug-likeness (QED) is 0.510. The first-order valence-electron chi connectivity index (χ1n) is 8.60. The summed E-state index contributed by atoms with van der Waals surface area (Å²) in [4.78, 5) is 11.4. The standard InChI is InChI=1S/C20H16F3NO5S2/c1-28-17-6-3-12(19(25)29-2)9-18(17)31(26,27)24-16-10-14(20(21,22)23)4-5-15(16)13-7-8-30-11-13/h3-11,24H,1-2H3. The van der Waals surface area contributed by atoms with E-state index < -0.39 is 32.6 Å². The van der Waals surface area contributed by atoms with Crippen LogP contribution in [0.25, 0.3) is 11.1 Å². The maximum Gasteiger partial charge on any atom is 0.416 e. The summed E-state index contributed by atoms with van der Waals surface area (Å²) in [6.45, 7) is 0. The number of hydrogen-bond donors (Lipinski definition) is 1. The van der Waals surface area contributed by atoms with E-state index in [0.29, 0.717) is 5.56 Å². The summed E-state index contributed by atoms with van der Waals surface area (Å²) in [7, 11) is -2.08. The van der Waals surface area contributed by atoms with Crippen molar-refractivity contribution in [3.05, 3.63) is 64.4 Å². The molecule has 0 aliphatic carbocycles. The highest BCUT2D eigenvalue weighted by molar-refractivity contribution is 7.92. The van der Waals surface area contributed by atoms with Gasteiger partial charge in [-0.05, 0) is 52.7 Å². The predicted molar refractivity (Wildman–Crippen MR) is 110 cm³/mol. The Morgan fingerprint density at radius 3 is 2.39 bits per heavy atom. The number of nitrogens with one attached hydrogen (secondary N) is 1. The van der Waals surface area contributed by atoms with Gasteiger partial charge < -0.3 is 9.47 Å². The fourth-order valence-electron chi connectivity index (χ4n) is 2.81. The smallest absolute Gasteiger partial charge is 0.416 e. The number of carbonyl (C=O) groups excluding carboxylic acids is 1. The number of anilines is 1. The van der Waals surface area contributed by atoms with Gasteiger partial charge in [0.05, 0.1) is 31.0 Å². The highest BCUT2D eigenvalue weighted by Crippen LogP contribution is 2.38. The van der Waals surface area contributed by atoms with Gasteiger partial charge in [0.1, 0.15) is 10.6 Å². The third-order valence-electron chi connectivity index (χ3n) is 4.30. The highest BCUT2D eigenvalue weighted by Gasteiger charge is 2.32. The minimum absolute atomic E-state index is 0.0641. The minimum atomic E-state index is -4.67. The molecule has 0 saturated heterocycles. The molecule has 31 heavy (non-hydrogen) atoms. The Labute approximate surface area is 180 Å². The number of rotatable bonds is 6. The first-order valence-corrected chi connectivity index (χ1v) is 11.0. The van der Waals surface area contributed by atoms with E-state index in [1.165, 1.54) is 36.6 Å². The Kier molecular flexibility index (Phi) is 6.27. The average Bonchev–Trinajstić information content (AvgIpc) is 3.26. The second-order valence-corrected chi connectivity index (χ2v) is 8.66. The zero-order chi connectivity index (χ0) is 22.8. The molecule has 0 aliphatic heterocycles. The minimum Gasteiger partial charge on any atom is -0.495 e. The van der Waals surface area contributed by atoms with Crippen molar-refractivity contribution in [3.8, 4) is 16.9 Å². The summed E-state index contributed by atoms with van der Waals surface area (Å²) in [6.07, 6.45) is -4.67. The van der Waals surface area contributed by atoms with E-state index in [1.54, 1.807) is 16.8 Å². The van der Waals surface area contributed by atoms with Crippen LogP contribution in [-0.4, -0.2) is 28.6 Å². The maximum absolute atomic E-state index is 13.3. The average molecular weight is 471 g/mol. The SMILES string of the molecule is COC(=O)c1ccc(OC)c(S(=O)(=O)Nc2cc(C(F)(F)F)ccc2-c2ccsc2)c1. The van der Waals surface area contributed by atoms with E-state index >= 15 is 0 Å². The lowest BCUT2D eigenvalue weighted by Crippen LogP contribution is -2.16. The second-order valence-electron chi connectivity index (χ2n) is 6.23. The number of alkyl halides is 3. The molecule has 6 nitrogen and oxygen atoms in total. The van der Waals surface area contributed by atoms with E-state index in [4.69, 9.17) is 4.74 Å². The van der Waals surface area contributed by atoms with Crippen molar-refractivity contribution in [2.24, 2.45) is 0 Å². The van der Waals surface area contributed by atoms with Gasteiger partial charge in [-0.25, -0.2) is 13.2 Å². The largest absolute Gasteiger partial charge is 0.495 e. The monoisotopic (exact) mass is 471 g/mol. The number of sulfonamides is 1. The van der Waals surface area contributed by atoms with Crippen LogP contribution in [-0.2, 0) is 20.9 Å². The van der Waals surface area contributed by atoms with Crippen LogP contribution in [0, 0.1) is 0 Å². The molecule has 164 valence electrons. The molecule has 2 aromatic carbocycles. The molecule has 0 spiro atoms. The second kappa shape index (κ2) is 8.60. The molecule has 0 fully saturated rings. The highest BCUT2D eigenvalue weighted by atomic mass is 32.2. The van der Waals surface area contributed by atoms with Crippen LogP contribution in [0.2, 0.25) is 0 Å². The van der Waals surface area contributed by atoms with Crippen molar-refractivity contribution in [3.63, 3.8) is 0 Å². The molecule has 0 saturated carbocycles. The first-order chi connectivity index (χ1) is 14.6. The van der Waals surface area contributed by atoms with Crippen LogP contribution in [0.15, 0.2) is 58.1 Å². The number of benzene rings is 2. The van der Waals surface area contributed by atoms with Gasteiger partial charge in [0, 0.05) is 5.56 Å². The van der Waals surface area contributed by atoms with Gasteiger partial charge in [0.15, 0.2) is 0 Å². The van der Waals surface area contributed by atoms with Gasteiger partial charge in [0.25, 0.3) is 10.0 Å². The van der Waals surface area contributed by atoms with Crippen molar-refractivity contribution >= 4 is 33.0 Å². The molecule has 0 atom stereocenters. The summed E-state index contributed by atoms with van der Waals surface area (Å²) in [5.41, 5.74) is -0.531. The van der Waals surface area contributed by atoms with Gasteiger partial charge in [-0.2, -0.15) is 24.5 Å². The van der Waals surface area contributed by atoms with Crippen LogP contribution in [0.4, 0.5) is 18.9 Å². The van der Waals surface area contributed by atoms with Crippen LogP contribution < -0.4 is 9.46 Å². The van der Waals surface area contributed by atoms with E-state index in [9.17, 15) is 26.4 Å². The number of carbonyl (C=O) groups is 1. The number of methoxy groups -OCH3 is 2. The third kappa shape index (κ3) is 4.83. The van der Waals surface area contributed by atoms with Crippen LogP contribution in [0.3, 0.4) is 0 Å². The normalized spacial score (nSPS) is 11.8. The summed E-state index contributed by atoms with van der Waals surface area (Å²) in [5.74, 6) is -0.874. The molecule has 1 N–H and O–H groups in total. The zero-order valence-electron chi connectivity index (χ0n) is 16.2. The molecule has 3 rings (SSSR count). The maximum atomic E-state index is 13.3. The Bertz CT molecular complexity index is 1210. The molecule has 3 aromatic rings. The number of halogens is 3. The van der Waals surface area contributed by atoms with Gasteiger partial charge in [-0.3, -0.25) is 4.72 Å². The molecular formula is C20H16F3NO5S2. The van der Waals surface area contributed by atoms with Crippen molar-refractivity contribution in [2.45, 2.75) is 11.1 Å². The summed E-state index contributed by atoms with van der Waals surface area (Å²) < 4.78 is 77.8. The molecule has 0 bridgehead atoms. The van der Waals surface area contributed by atoms with Crippen molar-refractivity contribution in [1.29, 1.82) is 0 Å². The summed E-state index contributed by atoms with van der Waals surface area (Å²) in [5, 5.41) is 3.40. The topological polar surface area (TPSA) is 81.7 Å². The molecule has 0 unspecified atom stereocenters. The summed E-state index contributed by atoms with van der Waals surface area (Å²) >= 11 is 1.31. The van der Waals surface area contributed by atoms with Crippen LogP contribution in [0.5, 0.6) is 5.75 Å². The Balaban J connectivity index is 2.14. The molecule has 1 heterocycles. The van der Waals surface area contributed by atoms with Crippen molar-refractivity contribution in [2.75, 3.05) is 18.9 Å². The first kappa shape index (κ1) is 22.6. The summed E-state index contributed by atoms with van der Waals surface area (Å²) in [6, 6.07) is 8.06. The van der Waals surface area contributed by atoms with Crippen molar-refractivity contribution in [1.82, 2.24) is 0 Å². The molecule has 0 aliphatic rings. The number of thiophene rings is 1. The fraction of sp³-hybridized carbons (Fsp3) is 0.150. The lowest BCUT2D eigenvalue weighted by Gasteiger charge is -2.17. The Morgan fingerprint density at radius 1 is 1.06 bits per heavy atom. The van der Waals surface area contributed by atoms with Crippen LogP contribution in [0.1, 0.15) is 15.9 Å². The third-order valence-corrected chi connectivity index (χ3v) is 6.37. The van der Waals surface area contributed by atoms with Gasteiger partial charge in [-0.15, -0.1) is 0 Å². The van der Waals surface area contributed by atoms with Gasteiger partial charge in [-0.1, -0.05) is 6.07 Å². The van der Waals surface area contributed by atoms with E-state index in [-0.39, 0.29) is 22.6 Å². The van der Waals surface area contributed by atoms with E-state index in [0.717, 1.165) is 25.3 Å². The fourth-order valence-corrected chi connectivity index (χ4v) is 4.73. The molecule has 0 amide bonds. The number of hydrogen-bond acceptors (Lipinski definition) is 6. The number of esters is 1. The van der Waals surface area contributed by atoms with Crippen molar-refractivity contribution < 1.29 is 35.9 Å². The van der Waals surface area contributed by atoms with Gasteiger partial charge >= 0.3 is 12.1 Å². The lowest BCUT2D eigenvalue weighted by molar-refractivity contribution is -0.137. The van der Waals surface area contributed by atoms with Gasteiger partial charge in [0.2, 0.25) is 0 Å². The predicted octanol–water partition coefficient (Wildman–Crippen LogP) is 5.03. The zero-order valence-corrected chi connectivity index (χ0v) is 17.8. The van der Waals surface area contributed by atoms with E-state index in [2.05, 4.69) is 9.46 Å². The Hall–Kier alpha value is -3.05. The number of ether oxygens (including phenoxy) is 2. The molecular weight excluding hydrogens is 455 g/mol. The Morgan fingerprint density at radius 2 is 1.81 bits per heavy atom. The molecule has 0 radical (unpaired) electrons. The van der Waals surface area contributed by atoms with Crippen LogP contribution >= 0.6 is 11.3 Å². The molecule has 1 aromatic heterocycles. The van der Waals surface area contributed by atoms with E-state index in [1.807, 2.05) is 0 Å². The lowest BCUT2D eigenvalue weighted by atomic mass is 10.0.